The second-order valence-electron chi connectivity index (χ2n) is 6.92. The normalized spacial score (nSPS) is 19.2. The smallest absolute Gasteiger partial charge is 0.243 e. The first-order valence-electron chi connectivity index (χ1n) is 9.18. The summed E-state index contributed by atoms with van der Waals surface area (Å²) >= 11 is 0. The first-order valence-corrected chi connectivity index (χ1v) is 10.6. The van der Waals surface area contributed by atoms with Crippen LogP contribution in [-0.2, 0) is 10.0 Å². The Bertz CT molecular complexity index is 832. The molecular weight excluding hydrogens is 334 g/mol. The average molecular weight is 362 g/mol. The van der Waals surface area contributed by atoms with E-state index >= 15 is 0 Å². The minimum absolute atomic E-state index is 0.389. The Hall–Kier alpha value is -1.59. The van der Waals surface area contributed by atoms with Crippen molar-refractivity contribution in [2.45, 2.75) is 44.4 Å². The highest BCUT2D eigenvalue weighted by Crippen LogP contribution is 2.33. The number of hydrogen-bond donors (Lipinski definition) is 0. The molecule has 1 atom stereocenters. The molecule has 0 amide bonds. The third kappa shape index (κ3) is 3.82. The zero-order valence-corrected chi connectivity index (χ0v) is 15.9. The number of ether oxygens (including phenoxy) is 1. The summed E-state index contributed by atoms with van der Waals surface area (Å²) in [7, 11) is -3.49. The lowest BCUT2D eigenvalue weighted by atomic mass is 10.0. The van der Waals surface area contributed by atoms with Crippen LogP contribution in [0.2, 0.25) is 0 Å². The molecule has 1 fully saturated rings. The molecule has 1 aliphatic heterocycles. The molecule has 0 saturated carbocycles. The van der Waals surface area contributed by atoms with Crippen LogP contribution in [0.3, 0.4) is 0 Å². The van der Waals surface area contributed by atoms with Crippen LogP contribution in [0.4, 0.5) is 0 Å². The lowest BCUT2D eigenvalue weighted by molar-refractivity contribution is 0.281. The van der Waals surface area contributed by atoms with Crippen molar-refractivity contribution in [3.05, 3.63) is 36.4 Å². The topological polar surface area (TPSA) is 46.6 Å². The molecule has 25 heavy (non-hydrogen) atoms. The van der Waals surface area contributed by atoms with Gasteiger partial charge in [0, 0.05) is 23.9 Å². The molecule has 3 rings (SSSR count). The third-order valence-corrected chi connectivity index (χ3v) is 6.76. The van der Waals surface area contributed by atoms with Crippen LogP contribution in [0.1, 0.15) is 39.5 Å². The van der Waals surface area contributed by atoms with Gasteiger partial charge in [-0.15, -0.1) is 0 Å². The first-order chi connectivity index (χ1) is 12.0. The van der Waals surface area contributed by atoms with E-state index in [0.29, 0.717) is 30.5 Å². The Kier molecular flexibility index (Phi) is 5.64. The highest BCUT2D eigenvalue weighted by Gasteiger charge is 2.30. The number of piperidine rings is 1. The quantitative estimate of drug-likeness (QED) is 0.715. The van der Waals surface area contributed by atoms with E-state index in [0.717, 1.165) is 42.2 Å². The molecule has 1 aliphatic rings. The largest absolute Gasteiger partial charge is 0.493 e. The van der Waals surface area contributed by atoms with E-state index in [1.807, 2.05) is 24.3 Å². The van der Waals surface area contributed by atoms with Gasteiger partial charge in [0.1, 0.15) is 5.75 Å². The lowest BCUT2D eigenvalue weighted by Gasteiger charge is -2.30. The lowest BCUT2D eigenvalue weighted by Crippen LogP contribution is -2.39. The molecule has 0 N–H and O–H groups in total. The van der Waals surface area contributed by atoms with Gasteiger partial charge in [0.05, 0.1) is 11.5 Å². The zero-order valence-electron chi connectivity index (χ0n) is 15.1. The summed E-state index contributed by atoms with van der Waals surface area (Å²) in [4.78, 5) is 0.389. The summed E-state index contributed by atoms with van der Waals surface area (Å²) in [6.45, 7) is 6.10. The van der Waals surface area contributed by atoms with Gasteiger partial charge in [-0.2, -0.15) is 4.31 Å². The van der Waals surface area contributed by atoms with Crippen molar-refractivity contribution in [2.24, 2.45) is 5.92 Å². The molecule has 136 valence electrons. The van der Waals surface area contributed by atoms with E-state index in [2.05, 4.69) is 13.8 Å². The Balaban J connectivity index is 2.01. The summed E-state index contributed by atoms with van der Waals surface area (Å²) in [6, 6.07) is 11.1. The van der Waals surface area contributed by atoms with Crippen LogP contribution in [-0.4, -0.2) is 32.4 Å². The standard InChI is InChI=1S/C20H27NO3S/c1-3-4-14-24-19-11-12-20(18-10-6-5-9-17(18)19)25(22,23)21-13-7-8-16(2)15-21/h5-6,9-12,16H,3-4,7-8,13-15H2,1-2H3. The maximum Gasteiger partial charge on any atom is 0.243 e. The molecule has 1 unspecified atom stereocenters. The van der Waals surface area contributed by atoms with Crippen molar-refractivity contribution >= 4 is 20.8 Å². The number of hydrogen-bond acceptors (Lipinski definition) is 3. The number of nitrogens with zero attached hydrogens (tertiary/aromatic N) is 1. The van der Waals surface area contributed by atoms with Crippen LogP contribution in [0.25, 0.3) is 10.8 Å². The van der Waals surface area contributed by atoms with Crippen molar-refractivity contribution in [1.82, 2.24) is 4.31 Å². The Morgan fingerprint density at radius 3 is 2.64 bits per heavy atom. The van der Waals surface area contributed by atoms with Crippen LogP contribution in [0.15, 0.2) is 41.3 Å². The molecule has 2 aromatic carbocycles. The first kappa shape index (κ1) is 18.2. The molecule has 1 heterocycles. The number of unbranched alkanes of at least 4 members (excludes halogenated alkanes) is 1. The predicted octanol–water partition coefficient (Wildman–Crippen LogP) is 4.44. The fourth-order valence-corrected chi connectivity index (χ4v) is 5.22. The highest BCUT2D eigenvalue weighted by molar-refractivity contribution is 7.89. The van der Waals surface area contributed by atoms with Gasteiger partial charge in [0.25, 0.3) is 0 Å². The summed E-state index contributed by atoms with van der Waals surface area (Å²) in [5, 5.41) is 1.61. The molecule has 0 aliphatic carbocycles. The molecular formula is C20H27NO3S. The van der Waals surface area contributed by atoms with Crippen molar-refractivity contribution in [2.75, 3.05) is 19.7 Å². The fraction of sp³-hybridized carbons (Fsp3) is 0.500. The minimum atomic E-state index is -3.49. The van der Waals surface area contributed by atoms with Gasteiger partial charge in [-0.3, -0.25) is 0 Å². The minimum Gasteiger partial charge on any atom is -0.493 e. The maximum absolute atomic E-state index is 13.2. The van der Waals surface area contributed by atoms with Gasteiger partial charge in [-0.1, -0.05) is 44.5 Å². The van der Waals surface area contributed by atoms with E-state index < -0.39 is 10.0 Å². The molecule has 1 saturated heterocycles. The molecule has 2 aromatic rings. The molecule has 0 spiro atoms. The predicted molar refractivity (Wildman–Crippen MR) is 102 cm³/mol. The molecule has 0 bridgehead atoms. The van der Waals surface area contributed by atoms with E-state index in [1.165, 1.54) is 0 Å². The molecule has 5 heteroatoms. The third-order valence-electron chi connectivity index (χ3n) is 4.84. The van der Waals surface area contributed by atoms with Gasteiger partial charge in [-0.25, -0.2) is 8.42 Å². The molecule has 0 radical (unpaired) electrons. The Morgan fingerprint density at radius 1 is 1.16 bits per heavy atom. The Morgan fingerprint density at radius 2 is 1.92 bits per heavy atom. The summed E-state index contributed by atoms with van der Waals surface area (Å²) in [5.41, 5.74) is 0. The molecule has 0 aromatic heterocycles. The van der Waals surface area contributed by atoms with Crippen LogP contribution in [0, 0.1) is 5.92 Å². The van der Waals surface area contributed by atoms with Crippen molar-refractivity contribution in [3.63, 3.8) is 0 Å². The van der Waals surface area contributed by atoms with Crippen molar-refractivity contribution < 1.29 is 13.2 Å². The van der Waals surface area contributed by atoms with Gasteiger partial charge in [0.15, 0.2) is 0 Å². The summed E-state index contributed by atoms with van der Waals surface area (Å²) in [6.07, 6.45) is 4.07. The van der Waals surface area contributed by atoms with Gasteiger partial charge in [0.2, 0.25) is 10.0 Å². The number of sulfonamides is 1. The number of rotatable bonds is 6. The SMILES string of the molecule is CCCCOc1ccc(S(=O)(=O)N2CCCC(C)C2)c2ccccc12. The summed E-state index contributed by atoms with van der Waals surface area (Å²) in [5.74, 6) is 1.17. The van der Waals surface area contributed by atoms with E-state index in [1.54, 1.807) is 16.4 Å². The van der Waals surface area contributed by atoms with E-state index in [9.17, 15) is 8.42 Å². The van der Waals surface area contributed by atoms with Crippen LogP contribution >= 0.6 is 0 Å². The Labute approximate surface area is 150 Å². The van der Waals surface area contributed by atoms with Gasteiger partial charge < -0.3 is 4.74 Å². The van der Waals surface area contributed by atoms with Crippen molar-refractivity contribution in [3.8, 4) is 5.75 Å². The second kappa shape index (κ2) is 7.75. The number of fused-ring (bicyclic) bond motifs is 1. The summed E-state index contributed by atoms with van der Waals surface area (Å²) < 4.78 is 33.9. The average Bonchev–Trinajstić information content (AvgIpc) is 2.62. The fourth-order valence-electron chi connectivity index (χ4n) is 3.42. The van der Waals surface area contributed by atoms with Gasteiger partial charge in [-0.05, 0) is 37.3 Å². The highest BCUT2D eigenvalue weighted by atomic mass is 32.2. The second-order valence-corrected chi connectivity index (χ2v) is 8.83. The van der Waals surface area contributed by atoms with E-state index in [-0.39, 0.29) is 0 Å². The monoisotopic (exact) mass is 361 g/mol. The maximum atomic E-state index is 13.2. The van der Waals surface area contributed by atoms with E-state index in [4.69, 9.17) is 4.74 Å². The van der Waals surface area contributed by atoms with Crippen LogP contribution < -0.4 is 4.74 Å². The van der Waals surface area contributed by atoms with Crippen molar-refractivity contribution in [1.29, 1.82) is 0 Å². The zero-order chi connectivity index (χ0) is 17.9. The van der Waals surface area contributed by atoms with Crippen LogP contribution in [0.5, 0.6) is 5.75 Å². The van der Waals surface area contributed by atoms with Gasteiger partial charge >= 0.3 is 0 Å². The number of benzene rings is 2. The molecule has 4 nitrogen and oxygen atoms in total.